The van der Waals surface area contributed by atoms with Crippen molar-refractivity contribution >= 4 is 15.9 Å². The third kappa shape index (κ3) is 5.27. The number of ether oxygens (including phenoxy) is 1. The predicted molar refractivity (Wildman–Crippen MR) is 95.6 cm³/mol. The molecule has 0 radical (unpaired) electrons. The first-order valence-electron chi connectivity index (χ1n) is 7.95. The van der Waals surface area contributed by atoms with Crippen molar-refractivity contribution in [3.63, 3.8) is 0 Å². The van der Waals surface area contributed by atoms with Crippen molar-refractivity contribution in [2.45, 2.75) is 30.7 Å². The summed E-state index contributed by atoms with van der Waals surface area (Å²) < 4.78 is 41.0. The molecule has 8 heteroatoms. The molecule has 0 spiro atoms. The first-order valence-corrected chi connectivity index (χ1v) is 9.50. The van der Waals surface area contributed by atoms with Gasteiger partial charge in [-0.2, -0.15) is 0 Å². The molecule has 0 fully saturated rings. The molecule has 0 aliphatic rings. The van der Waals surface area contributed by atoms with Crippen LogP contribution >= 0.6 is 0 Å². The van der Waals surface area contributed by atoms with E-state index in [1.54, 1.807) is 25.1 Å². The van der Waals surface area contributed by atoms with Crippen molar-refractivity contribution < 1.29 is 22.3 Å². The van der Waals surface area contributed by atoms with Gasteiger partial charge in [0.15, 0.2) is 11.6 Å². The Morgan fingerprint density at radius 3 is 2.42 bits per heavy atom. The van der Waals surface area contributed by atoms with E-state index in [1.807, 2.05) is 0 Å². The fraction of sp³-hybridized carbons (Fsp3) is 0.278. The van der Waals surface area contributed by atoms with E-state index in [1.165, 1.54) is 31.4 Å². The van der Waals surface area contributed by atoms with Gasteiger partial charge in [0, 0.05) is 6.42 Å². The second kappa shape index (κ2) is 8.29. The van der Waals surface area contributed by atoms with Crippen LogP contribution in [0.5, 0.6) is 5.75 Å². The van der Waals surface area contributed by atoms with E-state index in [9.17, 15) is 17.6 Å². The van der Waals surface area contributed by atoms with Crippen LogP contribution in [0, 0.1) is 5.82 Å². The average Bonchev–Trinajstić information content (AvgIpc) is 2.59. The minimum absolute atomic E-state index is 0.0286. The van der Waals surface area contributed by atoms with Gasteiger partial charge in [-0.3, -0.25) is 4.79 Å². The second-order valence-electron chi connectivity index (χ2n) is 5.87. The summed E-state index contributed by atoms with van der Waals surface area (Å²) >= 11 is 0. The first kappa shape index (κ1) is 19.9. The Morgan fingerprint density at radius 2 is 1.88 bits per heavy atom. The Labute approximate surface area is 152 Å². The van der Waals surface area contributed by atoms with Crippen molar-refractivity contribution in [1.82, 2.24) is 5.32 Å². The summed E-state index contributed by atoms with van der Waals surface area (Å²) in [6.07, 6.45) is 0.665. The molecule has 2 aromatic carbocycles. The van der Waals surface area contributed by atoms with E-state index in [4.69, 9.17) is 9.88 Å². The second-order valence-corrected chi connectivity index (χ2v) is 7.43. The molecule has 26 heavy (non-hydrogen) atoms. The largest absolute Gasteiger partial charge is 0.494 e. The van der Waals surface area contributed by atoms with E-state index >= 15 is 0 Å². The van der Waals surface area contributed by atoms with Crippen LogP contribution in [-0.2, 0) is 21.2 Å². The number of methoxy groups -OCH3 is 1. The van der Waals surface area contributed by atoms with Gasteiger partial charge in [-0.25, -0.2) is 17.9 Å². The maximum absolute atomic E-state index is 13.7. The van der Waals surface area contributed by atoms with E-state index in [2.05, 4.69) is 5.32 Å². The number of rotatable bonds is 7. The number of hydrogen-bond donors (Lipinski definition) is 2. The lowest BCUT2D eigenvalue weighted by atomic mass is 10.1. The molecule has 1 atom stereocenters. The van der Waals surface area contributed by atoms with Crippen LogP contribution in [0.4, 0.5) is 4.39 Å². The van der Waals surface area contributed by atoms with Gasteiger partial charge in [0.2, 0.25) is 15.9 Å². The van der Waals surface area contributed by atoms with Gasteiger partial charge < -0.3 is 10.1 Å². The lowest BCUT2D eigenvalue weighted by Gasteiger charge is -2.15. The fourth-order valence-corrected chi connectivity index (χ4v) is 2.97. The minimum atomic E-state index is -3.72. The number of sulfonamides is 1. The quantitative estimate of drug-likeness (QED) is 0.770. The summed E-state index contributed by atoms with van der Waals surface area (Å²) in [5.74, 6) is -0.527. The molecule has 2 aromatic rings. The van der Waals surface area contributed by atoms with Crippen LogP contribution in [0.2, 0.25) is 0 Å². The summed E-state index contributed by atoms with van der Waals surface area (Å²) in [6, 6.07) is 10.2. The van der Waals surface area contributed by atoms with Crippen LogP contribution in [0.1, 0.15) is 30.5 Å². The smallest absolute Gasteiger partial charge is 0.238 e. The fourth-order valence-electron chi connectivity index (χ4n) is 2.45. The Kier molecular flexibility index (Phi) is 6.33. The standard InChI is InChI=1S/C18H21FN2O4S/c1-12(14-6-9-17(25-2)16(19)11-14)21-18(22)10-5-13-3-7-15(8-4-13)26(20,23)24/h3-4,6-9,11-12H,5,10H2,1-2H3,(H,21,22)(H2,20,23,24)/t12-/m1/s1. The Balaban J connectivity index is 1.91. The monoisotopic (exact) mass is 380 g/mol. The van der Waals surface area contributed by atoms with Gasteiger partial charge in [0.25, 0.3) is 0 Å². The van der Waals surface area contributed by atoms with Crippen LogP contribution in [-0.4, -0.2) is 21.4 Å². The van der Waals surface area contributed by atoms with Crippen LogP contribution in [0.25, 0.3) is 0 Å². The number of primary sulfonamides is 1. The predicted octanol–water partition coefficient (Wildman–Crippen LogP) is 2.29. The van der Waals surface area contributed by atoms with Gasteiger partial charge >= 0.3 is 0 Å². The molecule has 2 rings (SSSR count). The number of aryl methyl sites for hydroxylation is 1. The van der Waals surface area contributed by atoms with E-state index in [0.29, 0.717) is 12.0 Å². The number of carbonyl (C=O) groups excluding carboxylic acids is 1. The molecule has 0 aromatic heterocycles. The van der Waals surface area contributed by atoms with E-state index in [0.717, 1.165) is 5.56 Å². The van der Waals surface area contributed by atoms with Gasteiger partial charge in [-0.1, -0.05) is 18.2 Å². The van der Waals surface area contributed by atoms with Crippen LogP contribution in [0.15, 0.2) is 47.4 Å². The summed E-state index contributed by atoms with van der Waals surface area (Å²) in [7, 11) is -2.34. The zero-order chi connectivity index (χ0) is 19.3. The van der Waals surface area contributed by atoms with Crippen LogP contribution < -0.4 is 15.2 Å². The number of carbonyl (C=O) groups is 1. The normalized spacial score (nSPS) is 12.5. The number of nitrogens with two attached hydrogens (primary N) is 1. The van der Waals surface area contributed by atoms with Crippen molar-refractivity contribution in [3.05, 3.63) is 59.4 Å². The molecule has 0 saturated heterocycles. The number of nitrogens with one attached hydrogen (secondary N) is 1. The maximum Gasteiger partial charge on any atom is 0.238 e. The van der Waals surface area contributed by atoms with Crippen molar-refractivity contribution in [2.24, 2.45) is 5.14 Å². The number of benzene rings is 2. The number of halogens is 1. The lowest BCUT2D eigenvalue weighted by molar-refractivity contribution is -0.121. The molecule has 3 N–H and O–H groups in total. The molecule has 0 aliphatic heterocycles. The maximum atomic E-state index is 13.7. The zero-order valence-corrected chi connectivity index (χ0v) is 15.3. The van der Waals surface area contributed by atoms with E-state index in [-0.39, 0.29) is 29.0 Å². The average molecular weight is 380 g/mol. The molecular formula is C18H21FN2O4S. The van der Waals surface area contributed by atoms with Gasteiger partial charge in [0.1, 0.15) is 0 Å². The summed E-state index contributed by atoms with van der Waals surface area (Å²) in [5, 5.41) is 7.85. The Bertz CT molecular complexity index is 883. The molecule has 6 nitrogen and oxygen atoms in total. The topological polar surface area (TPSA) is 98.5 Å². The highest BCUT2D eigenvalue weighted by molar-refractivity contribution is 7.89. The third-order valence-corrected chi connectivity index (χ3v) is 4.88. The molecule has 0 bridgehead atoms. The molecule has 0 unspecified atom stereocenters. The SMILES string of the molecule is COc1ccc([C@@H](C)NC(=O)CCc2ccc(S(N)(=O)=O)cc2)cc1F. The lowest BCUT2D eigenvalue weighted by Crippen LogP contribution is -2.26. The summed E-state index contributed by atoms with van der Waals surface area (Å²) in [6.45, 7) is 1.76. The first-order chi connectivity index (χ1) is 12.2. The zero-order valence-electron chi connectivity index (χ0n) is 14.5. The molecule has 0 saturated carbocycles. The van der Waals surface area contributed by atoms with Crippen molar-refractivity contribution in [1.29, 1.82) is 0 Å². The number of amides is 1. The summed E-state index contributed by atoms with van der Waals surface area (Å²) in [5.41, 5.74) is 1.45. The highest BCUT2D eigenvalue weighted by atomic mass is 32.2. The minimum Gasteiger partial charge on any atom is -0.494 e. The molecule has 140 valence electrons. The van der Waals surface area contributed by atoms with Crippen molar-refractivity contribution in [2.75, 3.05) is 7.11 Å². The van der Waals surface area contributed by atoms with E-state index < -0.39 is 15.8 Å². The van der Waals surface area contributed by atoms with Gasteiger partial charge in [-0.15, -0.1) is 0 Å². The van der Waals surface area contributed by atoms with Gasteiger partial charge in [-0.05, 0) is 48.7 Å². The molecule has 1 amide bonds. The highest BCUT2D eigenvalue weighted by Gasteiger charge is 2.13. The Hall–Kier alpha value is -2.45. The molecular weight excluding hydrogens is 359 g/mol. The summed E-state index contributed by atoms with van der Waals surface area (Å²) in [4.78, 5) is 12.1. The number of hydrogen-bond acceptors (Lipinski definition) is 4. The highest BCUT2D eigenvalue weighted by Crippen LogP contribution is 2.21. The van der Waals surface area contributed by atoms with Gasteiger partial charge in [0.05, 0.1) is 18.0 Å². The molecule has 0 aliphatic carbocycles. The molecule has 0 heterocycles. The Morgan fingerprint density at radius 1 is 1.23 bits per heavy atom. The third-order valence-electron chi connectivity index (χ3n) is 3.95. The van der Waals surface area contributed by atoms with Crippen LogP contribution in [0.3, 0.4) is 0 Å². The van der Waals surface area contributed by atoms with Crippen molar-refractivity contribution in [3.8, 4) is 5.75 Å².